The molecule has 0 unspecified atom stereocenters. The van der Waals surface area contributed by atoms with Gasteiger partial charge in [-0.3, -0.25) is 9.30 Å². The second kappa shape index (κ2) is 6.88. The Bertz CT molecular complexity index is 1170. The van der Waals surface area contributed by atoms with E-state index in [1.54, 1.807) is 22.7 Å². The molecule has 0 saturated heterocycles. The van der Waals surface area contributed by atoms with Crippen molar-refractivity contribution >= 4 is 37.9 Å². The first-order valence-corrected chi connectivity index (χ1v) is 10.5. The fourth-order valence-corrected chi connectivity index (χ4v) is 5.12. The van der Waals surface area contributed by atoms with Gasteiger partial charge in [0.2, 0.25) is 0 Å². The number of nitrogens with zero attached hydrogens (tertiary/aromatic N) is 4. The molecule has 0 amide bonds. The molecule has 5 rings (SSSR count). The van der Waals surface area contributed by atoms with Gasteiger partial charge in [-0.2, -0.15) is 0 Å². The molecular weight excluding hydrogens is 372 g/mol. The minimum Gasteiger partial charge on any atom is -0.294 e. The number of aromatic nitrogens is 3. The molecule has 0 radical (unpaired) electrons. The van der Waals surface area contributed by atoms with E-state index in [2.05, 4.69) is 70.4 Å². The number of imidazole rings is 1. The Labute approximate surface area is 165 Å². The van der Waals surface area contributed by atoms with Crippen LogP contribution < -0.4 is 0 Å². The van der Waals surface area contributed by atoms with Crippen LogP contribution in [0.5, 0.6) is 0 Å². The van der Waals surface area contributed by atoms with Gasteiger partial charge in [-0.1, -0.05) is 42.5 Å². The fourth-order valence-electron chi connectivity index (χ4n) is 3.34. The van der Waals surface area contributed by atoms with Crippen LogP contribution in [0, 0.1) is 0 Å². The smallest absolute Gasteiger partial charge is 0.194 e. The number of rotatable bonds is 5. The number of hydrogen-bond acceptors (Lipinski definition) is 5. The minimum absolute atomic E-state index is 0.818. The van der Waals surface area contributed by atoms with E-state index < -0.39 is 0 Å². The van der Waals surface area contributed by atoms with Crippen LogP contribution in [-0.4, -0.2) is 26.3 Å². The molecule has 3 heterocycles. The van der Waals surface area contributed by atoms with Gasteiger partial charge in [0, 0.05) is 23.7 Å². The maximum atomic E-state index is 4.88. The van der Waals surface area contributed by atoms with Gasteiger partial charge < -0.3 is 0 Å². The monoisotopic (exact) mass is 390 g/mol. The van der Waals surface area contributed by atoms with Crippen molar-refractivity contribution in [3.05, 3.63) is 76.9 Å². The molecule has 5 aromatic rings. The van der Waals surface area contributed by atoms with E-state index in [0.717, 1.165) is 39.8 Å². The third-order valence-corrected chi connectivity index (χ3v) is 6.35. The molecule has 0 aliphatic heterocycles. The molecular formula is C21H18N4S2. The van der Waals surface area contributed by atoms with Crippen LogP contribution in [0.15, 0.2) is 66.2 Å². The first-order valence-electron chi connectivity index (χ1n) is 8.81. The highest BCUT2D eigenvalue weighted by atomic mass is 32.1. The number of fused-ring (bicyclic) bond motifs is 2. The van der Waals surface area contributed by atoms with Crippen LogP contribution >= 0.6 is 22.7 Å². The molecule has 6 heteroatoms. The van der Waals surface area contributed by atoms with Gasteiger partial charge in [0.25, 0.3) is 0 Å². The van der Waals surface area contributed by atoms with E-state index in [-0.39, 0.29) is 0 Å². The van der Waals surface area contributed by atoms with Crippen LogP contribution in [0.2, 0.25) is 0 Å². The second-order valence-electron chi connectivity index (χ2n) is 6.58. The normalized spacial score (nSPS) is 11.8. The Balaban J connectivity index is 1.45. The minimum atomic E-state index is 0.818. The molecule has 3 aromatic heterocycles. The van der Waals surface area contributed by atoms with Crippen molar-refractivity contribution in [3.63, 3.8) is 0 Å². The van der Waals surface area contributed by atoms with Gasteiger partial charge >= 0.3 is 0 Å². The van der Waals surface area contributed by atoms with E-state index >= 15 is 0 Å². The van der Waals surface area contributed by atoms with Crippen LogP contribution in [0.25, 0.3) is 26.4 Å². The Morgan fingerprint density at radius 2 is 1.78 bits per heavy atom. The van der Waals surface area contributed by atoms with Crippen molar-refractivity contribution in [1.82, 2.24) is 19.3 Å². The van der Waals surface area contributed by atoms with E-state index in [4.69, 9.17) is 9.97 Å². The standard InChI is InChI=1S/C21H18N4S2/c1-24(14-19-22-16-9-5-6-10-18(16)27-19)13-17-20(15-7-3-2-4-8-15)23-21-25(17)11-12-26-21/h2-12H,13-14H2,1H3. The van der Waals surface area contributed by atoms with Crippen molar-refractivity contribution in [1.29, 1.82) is 0 Å². The number of para-hydroxylation sites is 1. The Morgan fingerprint density at radius 1 is 0.963 bits per heavy atom. The summed E-state index contributed by atoms with van der Waals surface area (Å²) in [6.07, 6.45) is 2.11. The molecule has 0 saturated carbocycles. The summed E-state index contributed by atoms with van der Waals surface area (Å²) >= 11 is 3.45. The SMILES string of the molecule is CN(Cc1nc2ccccc2s1)Cc1c(-c2ccccc2)nc2sccn12. The van der Waals surface area contributed by atoms with Crippen molar-refractivity contribution in [2.24, 2.45) is 0 Å². The summed E-state index contributed by atoms with van der Waals surface area (Å²) in [6.45, 7) is 1.64. The second-order valence-corrected chi connectivity index (χ2v) is 8.56. The Hall–Kier alpha value is -2.54. The average molecular weight is 391 g/mol. The molecule has 0 fully saturated rings. The summed E-state index contributed by atoms with van der Waals surface area (Å²) in [4.78, 5) is 13.0. The van der Waals surface area contributed by atoms with Crippen LogP contribution in [-0.2, 0) is 13.1 Å². The Kier molecular flexibility index (Phi) is 4.24. The highest BCUT2D eigenvalue weighted by Crippen LogP contribution is 2.28. The molecule has 0 bridgehead atoms. The summed E-state index contributed by atoms with van der Waals surface area (Å²) in [7, 11) is 2.15. The summed E-state index contributed by atoms with van der Waals surface area (Å²) in [5.74, 6) is 0. The zero-order valence-corrected chi connectivity index (χ0v) is 16.5. The van der Waals surface area contributed by atoms with Crippen LogP contribution in [0.4, 0.5) is 0 Å². The van der Waals surface area contributed by atoms with Crippen LogP contribution in [0.3, 0.4) is 0 Å². The number of benzene rings is 2. The molecule has 0 aliphatic carbocycles. The largest absolute Gasteiger partial charge is 0.294 e. The van der Waals surface area contributed by atoms with Gasteiger partial charge in [-0.15, -0.1) is 22.7 Å². The lowest BCUT2D eigenvalue weighted by molar-refractivity contribution is 0.314. The van der Waals surface area contributed by atoms with Crippen LogP contribution in [0.1, 0.15) is 10.7 Å². The molecule has 2 aromatic carbocycles. The third-order valence-electron chi connectivity index (χ3n) is 4.57. The van der Waals surface area contributed by atoms with E-state index in [0.29, 0.717) is 0 Å². The molecule has 4 nitrogen and oxygen atoms in total. The van der Waals surface area contributed by atoms with Gasteiger partial charge in [0.15, 0.2) is 4.96 Å². The molecule has 0 spiro atoms. The summed E-state index contributed by atoms with van der Waals surface area (Å²) in [5, 5.41) is 3.24. The maximum Gasteiger partial charge on any atom is 0.194 e. The quantitative estimate of drug-likeness (QED) is 0.408. The third kappa shape index (κ3) is 3.16. The molecule has 0 aliphatic rings. The zero-order valence-electron chi connectivity index (χ0n) is 14.9. The van der Waals surface area contributed by atoms with Gasteiger partial charge in [-0.05, 0) is 19.2 Å². The lowest BCUT2D eigenvalue weighted by Crippen LogP contribution is -2.18. The summed E-state index contributed by atoms with van der Waals surface area (Å²) in [5.41, 5.74) is 4.54. The molecule has 0 atom stereocenters. The topological polar surface area (TPSA) is 33.4 Å². The van der Waals surface area contributed by atoms with E-state index in [1.165, 1.54) is 10.4 Å². The first kappa shape index (κ1) is 16.6. The van der Waals surface area contributed by atoms with Gasteiger partial charge in [0.05, 0.1) is 28.1 Å². The van der Waals surface area contributed by atoms with Crippen molar-refractivity contribution < 1.29 is 0 Å². The highest BCUT2D eigenvalue weighted by molar-refractivity contribution is 7.18. The Morgan fingerprint density at radius 3 is 2.63 bits per heavy atom. The fraction of sp³-hybridized carbons (Fsp3) is 0.143. The van der Waals surface area contributed by atoms with Crippen molar-refractivity contribution in [2.75, 3.05) is 7.05 Å². The maximum absolute atomic E-state index is 4.88. The lowest BCUT2D eigenvalue weighted by atomic mass is 10.1. The van der Waals surface area contributed by atoms with E-state index in [9.17, 15) is 0 Å². The molecule has 0 N–H and O–H groups in total. The summed E-state index contributed by atoms with van der Waals surface area (Å²) < 4.78 is 3.46. The molecule has 134 valence electrons. The average Bonchev–Trinajstić information content (AvgIpc) is 3.37. The zero-order chi connectivity index (χ0) is 18.2. The molecule has 27 heavy (non-hydrogen) atoms. The predicted octanol–water partition coefficient (Wildman–Crippen LogP) is 5.30. The van der Waals surface area contributed by atoms with Crippen molar-refractivity contribution in [2.45, 2.75) is 13.1 Å². The lowest BCUT2D eigenvalue weighted by Gasteiger charge is -2.15. The number of hydrogen-bond donors (Lipinski definition) is 0. The van der Waals surface area contributed by atoms with Crippen molar-refractivity contribution in [3.8, 4) is 11.3 Å². The highest BCUT2D eigenvalue weighted by Gasteiger charge is 2.17. The summed E-state index contributed by atoms with van der Waals surface area (Å²) in [6, 6.07) is 18.8. The first-order chi connectivity index (χ1) is 13.3. The van der Waals surface area contributed by atoms with Gasteiger partial charge in [-0.25, -0.2) is 9.97 Å². The van der Waals surface area contributed by atoms with E-state index in [1.807, 2.05) is 12.1 Å². The predicted molar refractivity (Wildman–Crippen MR) is 113 cm³/mol. The van der Waals surface area contributed by atoms with Gasteiger partial charge in [0.1, 0.15) is 5.01 Å². The number of thiazole rings is 2.